The summed E-state index contributed by atoms with van der Waals surface area (Å²) in [4.78, 5) is 18.5. The van der Waals surface area contributed by atoms with E-state index in [1.165, 1.54) is 0 Å². The van der Waals surface area contributed by atoms with Gasteiger partial charge in [0, 0.05) is 0 Å². The topological polar surface area (TPSA) is 57.5 Å². The summed E-state index contributed by atoms with van der Waals surface area (Å²) >= 11 is 0. The molecule has 0 aromatic rings. The molecule has 0 heterocycles. The number of fused-ring (bicyclic) bond motifs is 5. The molecule has 5 unspecified atom stereocenters. The van der Waals surface area contributed by atoms with Crippen LogP contribution in [-0.2, 0) is 4.57 Å². The molecule has 3 nitrogen and oxygen atoms in total. The molecule has 3 rings (SSSR count). The van der Waals surface area contributed by atoms with Crippen molar-refractivity contribution in [3.63, 3.8) is 0 Å². The minimum Gasteiger partial charge on any atom is -0.324 e. The Hall–Kier alpha value is -0.110. The second-order valence-electron chi connectivity index (χ2n) is 4.96. The Morgan fingerprint density at radius 1 is 1.21 bits per heavy atom. The quantitative estimate of drug-likeness (QED) is 0.516. The van der Waals surface area contributed by atoms with E-state index in [9.17, 15) is 14.4 Å². The average molecular weight is 214 g/mol. The third-order valence-corrected chi connectivity index (χ3v) is 5.86. The summed E-state index contributed by atoms with van der Waals surface area (Å²) in [5.41, 5.74) is -0.337. The average Bonchev–Trinajstić information content (AvgIpc) is 2.74. The molecule has 4 heteroatoms. The van der Waals surface area contributed by atoms with Gasteiger partial charge in [0.2, 0.25) is 0 Å². The van der Waals surface area contributed by atoms with Crippen molar-refractivity contribution >= 4 is 7.60 Å². The highest BCUT2D eigenvalue weighted by Gasteiger charge is 2.56. The number of hydrogen-bond donors (Lipinski definition) is 2. The summed E-state index contributed by atoms with van der Waals surface area (Å²) in [5.74, 6) is 2.04. The van der Waals surface area contributed by atoms with E-state index >= 15 is 0 Å². The molecule has 78 valence electrons. The van der Waals surface area contributed by atoms with Crippen molar-refractivity contribution in [3.8, 4) is 0 Å². The van der Waals surface area contributed by atoms with Gasteiger partial charge < -0.3 is 9.79 Å². The lowest BCUT2D eigenvalue weighted by Crippen LogP contribution is -2.28. The predicted molar refractivity (Wildman–Crippen MR) is 52.8 cm³/mol. The normalized spacial score (nSPS) is 50.0. The van der Waals surface area contributed by atoms with Crippen molar-refractivity contribution in [2.75, 3.05) is 0 Å². The molecule has 0 saturated heterocycles. The molecule has 3 aliphatic carbocycles. The summed E-state index contributed by atoms with van der Waals surface area (Å²) in [5, 5.41) is 0. The molecule has 0 spiro atoms. The SMILES string of the molecule is O=P(O)(O)C1CC2CC1C1C=CCC21. The van der Waals surface area contributed by atoms with E-state index < -0.39 is 7.60 Å². The fourth-order valence-corrected chi connectivity index (χ4v) is 5.26. The molecule has 0 aromatic heterocycles. The van der Waals surface area contributed by atoms with Gasteiger partial charge in [0.25, 0.3) is 0 Å². The van der Waals surface area contributed by atoms with Gasteiger partial charge in [0.05, 0.1) is 5.66 Å². The highest BCUT2D eigenvalue weighted by Crippen LogP contribution is 2.65. The molecule has 2 saturated carbocycles. The van der Waals surface area contributed by atoms with Crippen molar-refractivity contribution in [3.05, 3.63) is 12.2 Å². The lowest BCUT2D eigenvalue weighted by molar-refractivity contribution is 0.258. The van der Waals surface area contributed by atoms with Gasteiger partial charge in [-0.05, 0) is 42.9 Å². The zero-order valence-electron chi connectivity index (χ0n) is 7.91. The first-order chi connectivity index (χ1) is 6.57. The molecular weight excluding hydrogens is 199 g/mol. The third-order valence-electron chi connectivity index (χ3n) is 4.41. The van der Waals surface area contributed by atoms with Crippen LogP contribution < -0.4 is 0 Å². The van der Waals surface area contributed by atoms with E-state index in [1.54, 1.807) is 0 Å². The zero-order chi connectivity index (χ0) is 9.92. The molecule has 0 aliphatic heterocycles. The second kappa shape index (κ2) is 2.72. The number of allylic oxidation sites excluding steroid dienone is 2. The van der Waals surface area contributed by atoms with Crippen LogP contribution in [0.15, 0.2) is 12.2 Å². The van der Waals surface area contributed by atoms with Gasteiger partial charge in [0.15, 0.2) is 0 Å². The van der Waals surface area contributed by atoms with Crippen LogP contribution in [0.25, 0.3) is 0 Å². The van der Waals surface area contributed by atoms with Crippen LogP contribution in [0.4, 0.5) is 0 Å². The van der Waals surface area contributed by atoms with Crippen molar-refractivity contribution in [2.24, 2.45) is 23.7 Å². The maximum absolute atomic E-state index is 11.3. The lowest BCUT2D eigenvalue weighted by atomic mass is 9.81. The van der Waals surface area contributed by atoms with Gasteiger partial charge in [-0.3, -0.25) is 4.57 Å². The van der Waals surface area contributed by atoms with Gasteiger partial charge in [-0.1, -0.05) is 12.2 Å². The van der Waals surface area contributed by atoms with Crippen molar-refractivity contribution in [2.45, 2.75) is 24.9 Å². The van der Waals surface area contributed by atoms with Gasteiger partial charge >= 0.3 is 7.60 Å². The maximum Gasteiger partial charge on any atom is 0.328 e. The van der Waals surface area contributed by atoms with Crippen LogP contribution in [0.5, 0.6) is 0 Å². The second-order valence-corrected chi connectivity index (χ2v) is 6.80. The third kappa shape index (κ3) is 1.09. The Morgan fingerprint density at radius 3 is 2.71 bits per heavy atom. The van der Waals surface area contributed by atoms with Crippen LogP contribution in [0.2, 0.25) is 0 Å². The van der Waals surface area contributed by atoms with E-state index in [0.29, 0.717) is 17.8 Å². The molecule has 0 amide bonds. The summed E-state index contributed by atoms with van der Waals surface area (Å²) in [6, 6.07) is 0. The Bertz CT molecular complexity index is 332. The maximum atomic E-state index is 11.3. The standard InChI is InChI=1S/C10H15O3P/c11-14(12,13)10-5-6-4-9(10)8-3-1-2-7(6)8/h1,3,6-10H,2,4-5H2,(H2,11,12,13). The molecule has 0 aromatic carbocycles. The smallest absolute Gasteiger partial charge is 0.324 e. The summed E-state index contributed by atoms with van der Waals surface area (Å²) in [7, 11) is -3.84. The van der Waals surface area contributed by atoms with Gasteiger partial charge in [-0.15, -0.1) is 0 Å². The van der Waals surface area contributed by atoms with Gasteiger partial charge in [-0.25, -0.2) is 0 Å². The molecule has 5 atom stereocenters. The van der Waals surface area contributed by atoms with Crippen molar-refractivity contribution in [1.82, 2.24) is 0 Å². The van der Waals surface area contributed by atoms with Crippen LogP contribution in [0.3, 0.4) is 0 Å². The summed E-state index contributed by atoms with van der Waals surface area (Å²) in [6.45, 7) is 0. The van der Waals surface area contributed by atoms with Crippen LogP contribution in [0.1, 0.15) is 19.3 Å². The molecule has 2 N–H and O–H groups in total. The highest BCUT2D eigenvalue weighted by molar-refractivity contribution is 7.52. The van der Waals surface area contributed by atoms with Crippen LogP contribution in [-0.4, -0.2) is 15.4 Å². The van der Waals surface area contributed by atoms with E-state index in [0.717, 1.165) is 19.3 Å². The van der Waals surface area contributed by atoms with Crippen molar-refractivity contribution in [1.29, 1.82) is 0 Å². The van der Waals surface area contributed by atoms with Crippen LogP contribution >= 0.6 is 7.60 Å². The van der Waals surface area contributed by atoms with E-state index in [2.05, 4.69) is 12.2 Å². The largest absolute Gasteiger partial charge is 0.328 e. The summed E-state index contributed by atoms with van der Waals surface area (Å²) in [6.07, 6.45) is 7.33. The fourth-order valence-electron chi connectivity index (χ4n) is 3.90. The molecule has 0 radical (unpaired) electrons. The monoisotopic (exact) mass is 214 g/mol. The fraction of sp³-hybridized carbons (Fsp3) is 0.800. The number of rotatable bonds is 1. The highest BCUT2D eigenvalue weighted by atomic mass is 31.2. The first kappa shape index (κ1) is 9.14. The minimum atomic E-state index is -3.84. The molecule has 2 fully saturated rings. The Morgan fingerprint density at radius 2 is 2.00 bits per heavy atom. The van der Waals surface area contributed by atoms with Crippen molar-refractivity contribution < 1.29 is 14.4 Å². The summed E-state index contributed by atoms with van der Waals surface area (Å²) < 4.78 is 11.3. The van der Waals surface area contributed by atoms with E-state index in [1.807, 2.05) is 0 Å². The first-order valence-electron chi connectivity index (χ1n) is 5.29. The zero-order valence-corrected chi connectivity index (χ0v) is 8.81. The van der Waals surface area contributed by atoms with Crippen LogP contribution in [0, 0.1) is 23.7 Å². The van der Waals surface area contributed by atoms with E-state index in [4.69, 9.17) is 0 Å². The van der Waals surface area contributed by atoms with Gasteiger partial charge in [0.1, 0.15) is 0 Å². The first-order valence-corrected chi connectivity index (χ1v) is 6.97. The Kier molecular flexibility index (Phi) is 1.77. The number of hydrogen-bond acceptors (Lipinski definition) is 1. The molecule has 2 bridgehead atoms. The predicted octanol–water partition coefficient (Wildman–Crippen LogP) is 1.76. The molecule has 3 aliphatic rings. The minimum absolute atomic E-state index is 0.268. The Balaban J connectivity index is 1.90. The van der Waals surface area contributed by atoms with Gasteiger partial charge in [-0.2, -0.15) is 0 Å². The Labute approximate surface area is 83.4 Å². The molecular formula is C10H15O3P. The molecule has 14 heavy (non-hydrogen) atoms. The lowest BCUT2D eigenvalue weighted by Gasteiger charge is -2.31. The van der Waals surface area contributed by atoms with E-state index in [-0.39, 0.29) is 11.6 Å².